The lowest BCUT2D eigenvalue weighted by Crippen LogP contribution is -2.55. The molecule has 0 spiro atoms. The number of carbonyl (C=O) groups excluding carboxylic acids is 1. The van der Waals surface area contributed by atoms with Crippen molar-refractivity contribution < 1.29 is 14.7 Å². The fraction of sp³-hybridized carbons (Fsp3) is 0.714. The number of carbonyl (C=O) groups is 2. The summed E-state index contributed by atoms with van der Waals surface area (Å²) in [6, 6.07) is 0. The molecule has 0 aliphatic heterocycles. The first kappa shape index (κ1) is 12.2. The second kappa shape index (κ2) is 4.43. The molecule has 0 unspecified atom stereocenters. The van der Waals surface area contributed by atoms with Crippen molar-refractivity contribution in [2.45, 2.75) is 18.8 Å². The van der Waals surface area contributed by atoms with E-state index < -0.39 is 22.8 Å². The van der Waals surface area contributed by atoms with E-state index in [-0.39, 0.29) is 6.54 Å². The molecule has 1 amide bonds. The van der Waals surface area contributed by atoms with Gasteiger partial charge in [0, 0.05) is 5.92 Å². The summed E-state index contributed by atoms with van der Waals surface area (Å²) in [5, 5.41) is 10.9. The normalized spacial score (nSPS) is 15.2. The average molecular weight is 209 g/mol. The summed E-state index contributed by atoms with van der Waals surface area (Å²) >= 11 is 5.70. The Balaban J connectivity index is 4.61. The van der Waals surface area contributed by atoms with Gasteiger partial charge in [-0.05, 0) is 0 Å². The first-order chi connectivity index (χ1) is 5.84. The fourth-order valence-electron chi connectivity index (χ4n) is 0.699. The average Bonchev–Trinajstić information content (AvgIpc) is 2.03. The number of nitrogens with two attached hydrogens (primary N) is 1. The number of amides is 1. The molecular weight excluding hydrogens is 196 g/mol. The van der Waals surface area contributed by atoms with Gasteiger partial charge in [0.25, 0.3) is 0 Å². The van der Waals surface area contributed by atoms with Crippen LogP contribution in [0.4, 0.5) is 0 Å². The standard InChI is InChI=1S/C7H13ClN2O3/c1-4(2)7(8,6(12)13)10-5(11)3-9/h4H,3,9H2,1-2H3,(H,10,11)(H,12,13)/t7-/m0/s1. The van der Waals surface area contributed by atoms with Crippen molar-refractivity contribution >= 4 is 23.5 Å². The molecule has 0 rings (SSSR count). The molecule has 1 atom stereocenters. The lowest BCUT2D eigenvalue weighted by molar-refractivity contribution is -0.145. The van der Waals surface area contributed by atoms with Crippen LogP contribution in [0.2, 0.25) is 0 Å². The number of halogens is 1. The van der Waals surface area contributed by atoms with Crippen LogP contribution in [0.5, 0.6) is 0 Å². The Morgan fingerprint density at radius 1 is 1.62 bits per heavy atom. The van der Waals surface area contributed by atoms with Crippen molar-refractivity contribution in [2.24, 2.45) is 11.7 Å². The van der Waals surface area contributed by atoms with Gasteiger partial charge in [0.1, 0.15) is 0 Å². The molecule has 4 N–H and O–H groups in total. The van der Waals surface area contributed by atoms with Gasteiger partial charge >= 0.3 is 5.97 Å². The van der Waals surface area contributed by atoms with Crippen LogP contribution in [0.1, 0.15) is 13.8 Å². The SMILES string of the molecule is CC(C)[C@](Cl)(NC(=O)CN)C(=O)O. The first-order valence-electron chi connectivity index (χ1n) is 3.78. The van der Waals surface area contributed by atoms with Gasteiger partial charge in [-0.1, -0.05) is 25.4 Å². The minimum absolute atomic E-state index is 0.283. The summed E-state index contributed by atoms with van der Waals surface area (Å²) in [5.41, 5.74) is 5.02. The highest BCUT2D eigenvalue weighted by Gasteiger charge is 2.40. The maximum Gasteiger partial charge on any atom is 0.345 e. The quantitative estimate of drug-likeness (QED) is 0.438. The van der Waals surface area contributed by atoms with Crippen LogP contribution in [-0.2, 0) is 9.59 Å². The van der Waals surface area contributed by atoms with Gasteiger partial charge in [0.2, 0.25) is 10.9 Å². The van der Waals surface area contributed by atoms with E-state index in [2.05, 4.69) is 5.32 Å². The van der Waals surface area contributed by atoms with Gasteiger partial charge in [0.15, 0.2) is 0 Å². The van der Waals surface area contributed by atoms with Crippen LogP contribution < -0.4 is 11.1 Å². The first-order valence-corrected chi connectivity index (χ1v) is 4.15. The number of rotatable bonds is 4. The van der Waals surface area contributed by atoms with E-state index in [0.717, 1.165) is 0 Å². The molecule has 5 nitrogen and oxygen atoms in total. The Bertz CT molecular complexity index is 220. The zero-order valence-electron chi connectivity index (χ0n) is 7.50. The highest BCUT2D eigenvalue weighted by Crippen LogP contribution is 2.22. The Hall–Kier alpha value is -0.810. The third-order valence-corrected chi connectivity index (χ3v) is 2.31. The summed E-state index contributed by atoms with van der Waals surface area (Å²) in [6.07, 6.45) is 0. The monoisotopic (exact) mass is 208 g/mol. The van der Waals surface area contributed by atoms with E-state index in [9.17, 15) is 9.59 Å². The lowest BCUT2D eigenvalue weighted by Gasteiger charge is -2.27. The van der Waals surface area contributed by atoms with Gasteiger partial charge in [-0.25, -0.2) is 4.79 Å². The van der Waals surface area contributed by atoms with Crippen LogP contribution in [0.15, 0.2) is 0 Å². The topological polar surface area (TPSA) is 92.4 Å². The molecule has 6 heteroatoms. The zero-order valence-corrected chi connectivity index (χ0v) is 8.26. The van der Waals surface area contributed by atoms with Gasteiger partial charge in [-0.2, -0.15) is 0 Å². The van der Waals surface area contributed by atoms with Crippen LogP contribution >= 0.6 is 11.6 Å². The third-order valence-electron chi connectivity index (χ3n) is 1.61. The molecule has 0 bridgehead atoms. The minimum Gasteiger partial charge on any atom is -0.479 e. The van der Waals surface area contributed by atoms with Crippen LogP contribution in [-0.4, -0.2) is 28.5 Å². The van der Waals surface area contributed by atoms with E-state index >= 15 is 0 Å². The maximum atomic E-state index is 10.9. The molecule has 0 aliphatic rings. The number of hydrogen-bond acceptors (Lipinski definition) is 3. The summed E-state index contributed by atoms with van der Waals surface area (Å²) in [7, 11) is 0. The predicted molar refractivity (Wildman–Crippen MR) is 48.3 cm³/mol. The Kier molecular flexibility index (Phi) is 4.16. The second-order valence-corrected chi connectivity index (χ2v) is 3.52. The molecule has 0 aromatic rings. The van der Waals surface area contributed by atoms with Gasteiger partial charge < -0.3 is 16.2 Å². The van der Waals surface area contributed by atoms with Gasteiger partial charge in [-0.3, -0.25) is 4.79 Å². The number of nitrogens with one attached hydrogen (secondary N) is 1. The summed E-state index contributed by atoms with van der Waals surface area (Å²) in [4.78, 5) is 19.8. The molecular formula is C7H13ClN2O3. The zero-order chi connectivity index (χ0) is 10.6. The molecule has 13 heavy (non-hydrogen) atoms. The van der Waals surface area contributed by atoms with Crippen molar-refractivity contribution in [2.75, 3.05) is 6.54 Å². The van der Waals surface area contributed by atoms with E-state index in [1.807, 2.05) is 0 Å². The van der Waals surface area contributed by atoms with Crippen molar-refractivity contribution in [3.05, 3.63) is 0 Å². The van der Waals surface area contributed by atoms with Gasteiger partial charge in [0.05, 0.1) is 6.54 Å². The number of aliphatic carboxylic acids is 1. The number of carboxylic acid groups (broad SMARTS) is 1. The maximum absolute atomic E-state index is 10.9. The number of hydrogen-bond donors (Lipinski definition) is 3. The third kappa shape index (κ3) is 2.86. The van der Waals surface area contributed by atoms with E-state index in [4.69, 9.17) is 22.4 Å². The van der Waals surface area contributed by atoms with Gasteiger partial charge in [-0.15, -0.1) is 0 Å². The largest absolute Gasteiger partial charge is 0.479 e. The molecule has 0 aromatic carbocycles. The number of carboxylic acids is 1. The van der Waals surface area contributed by atoms with E-state index in [1.54, 1.807) is 13.8 Å². The summed E-state index contributed by atoms with van der Waals surface area (Å²) in [5.74, 6) is -2.31. The summed E-state index contributed by atoms with van der Waals surface area (Å²) in [6.45, 7) is 2.91. The number of alkyl halides is 1. The Morgan fingerprint density at radius 3 is 2.31 bits per heavy atom. The molecule has 0 aromatic heterocycles. The molecule has 0 radical (unpaired) electrons. The summed E-state index contributed by atoms with van der Waals surface area (Å²) < 4.78 is 0. The highest BCUT2D eigenvalue weighted by molar-refractivity contribution is 6.34. The molecule has 0 saturated heterocycles. The Labute approximate surface area is 81.2 Å². The molecule has 76 valence electrons. The van der Waals surface area contributed by atoms with Crippen molar-refractivity contribution in [1.29, 1.82) is 0 Å². The van der Waals surface area contributed by atoms with Crippen LogP contribution in [0.3, 0.4) is 0 Å². The van der Waals surface area contributed by atoms with Crippen molar-refractivity contribution in [3.63, 3.8) is 0 Å². The molecule has 0 saturated carbocycles. The molecule has 0 aliphatic carbocycles. The molecule has 0 fully saturated rings. The van der Waals surface area contributed by atoms with Crippen LogP contribution in [0.25, 0.3) is 0 Å². The fourth-order valence-corrected chi connectivity index (χ4v) is 0.804. The lowest BCUT2D eigenvalue weighted by atomic mass is 10.0. The van der Waals surface area contributed by atoms with E-state index in [1.165, 1.54) is 0 Å². The second-order valence-electron chi connectivity index (χ2n) is 2.92. The highest BCUT2D eigenvalue weighted by atomic mass is 35.5. The predicted octanol–water partition coefficient (Wildman–Crippen LogP) is -0.263. The van der Waals surface area contributed by atoms with Crippen molar-refractivity contribution in [1.82, 2.24) is 5.32 Å². The minimum atomic E-state index is -1.77. The smallest absolute Gasteiger partial charge is 0.345 e. The van der Waals surface area contributed by atoms with Crippen molar-refractivity contribution in [3.8, 4) is 0 Å². The Morgan fingerprint density at radius 2 is 2.08 bits per heavy atom. The van der Waals surface area contributed by atoms with Crippen LogP contribution in [0, 0.1) is 5.92 Å². The van der Waals surface area contributed by atoms with E-state index in [0.29, 0.717) is 0 Å². The molecule has 0 heterocycles.